The van der Waals surface area contributed by atoms with Crippen LogP contribution in [0.4, 0.5) is 5.69 Å². The predicted octanol–water partition coefficient (Wildman–Crippen LogP) is 5.10. The van der Waals surface area contributed by atoms with Gasteiger partial charge in [-0.05, 0) is 55.0 Å². The Morgan fingerprint density at radius 2 is 1.91 bits per heavy atom. The number of fused-ring (bicyclic) bond motifs is 1. The molecule has 1 heterocycles. The van der Waals surface area contributed by atoms with Crippen molar-refractivity contribution in [3.05, 3.63) is 69.8 Å². The summed E-state index contributed by atoms with van der Waals surface area (Å²) in [6, 6.07) is 14.2. The molecule has 0 radical (unpaired) electrons. The second-order valence-electron chi connectivity index (χ2n) is 4.91. The molecule has 0 aliphatic heterocycles. The van der Waals surface area contributed by atoms with Crippen LogP contribution in [0.15, 0.2) is 48.5 Å². The predicted molar refractivity (Wildman–Crippen MR) is 90.9 cm³/mol. The SMILES string of the molecule is Cc1c(Cl)cccc1NC(=O)c1ccc2nc(Cl)ccc2c1. The van der Waals surface area contributed by atoms with Crippen molar-refractivity contribution in [1.29, 1.82) is 0 Å². The Bertz CT molecular complexity index is 878. The summed E-state index contributed by atoms with van der Waals surface area (Å²) in [6.45, 7) is 1.87. The van der Waals surface area contributed by atoms with Gasteiger partial charge in [0, 0.05) is 21.7 Å². The first-order valence-electron chi connectivity index (χ1n) is 6.67. The van der Waals surface area contributed by atoms with Gasteiger partial charge in [0.25, 0.3) is 5.91 Å². The lowest BCUT2D eigenvalue weighted by atomic mass is 10.1. The minimum atomic E-state index is -0.192. The average Bonchev–Trinajstić information content (AvgIpc) is 2.51. The third-order valence-corrected chi connectivity index (χ3v) is 4.05. The second-order valence-corrected chi connectivity index (χ2v) is 5.70. The number of halogens is 2. The highest BCUT2D eigenvalue weighted by molar-refractivity contribution is 6.31. The van der Waals surface area contributed by atoms with E-state index in [0.29, 0.717) is 21.4 Å². The quantitative estimate of drug-likeness (QED) is 0.664. The zero-order valence-corrected chi connectivity index (χ0v) is 13.2. The van der Waals surface area contributed by atoms with Gasteiger partial charge in [0.2, 0.25) is 0 Å². The van der Waals surface area contributed by atoms with Crippen LogP contribution in [-0.2, 0) is 0 Å². The Morgan fingerprint density at radius 1 is 1.09 bits per heavy atom. The van der Waals surface area contributed by atoms with Crippen LogP contribution in [0.2, 0.25) is 10.2 Å². The van der Waals surface area contributed by atoms with Gasteiger partial charge in [-0.3, -0.25) is 4.79 Å². The summed E-state index contributed by atoms with van der Waals surface area (Å²) >= 11 is 11.9. The molecule has 3 nitrogen and oxygen atoms in total. The molecule has 0 bridgehead atoms. The maximum Gasteiger partial charge on any atom is 0.255 e. The normalized spacial score (nSPS) is 10.7. The fourth-order valence-corrected chi connectivity index (χ4v) is 2.51. The molecule has 1 N–H and O–H groups in total. The average molecular weight is 331 g/mol. The number of hydrogen-bond acceptors (Lipinski definition) is 2. The van der Waals surface area contributed by atoms with Crippen LogP contribution < -0.4 is 5.32 Å². The van der Waals surface area contributed by atoms with Gasteiger partial charge < -0.3 is 5.32 Å². The summed E-state index contributed by atoms with van der Waals surface area (Å²) in [6.07, 6.45) is 0. The molecule has 5 heteroatoms. The monoisotopic (exact) mass is 330 g/mol. The molecule has 0 atom stereocenters. The third-order valence-electron chi connectivity index (χ3n) is 3.43. The Kier molecular flexibility index (Phi) is 4.01. The molecule has 0 saturated heterocycles. The van der Waals surface area contributed by atoms with Crippen molar-refractivity contribution in [2.75, 3.05) is 5.32 Å². The van der Waals surface area contributed by atoms with Crippen LogP contribution in [0.3, 0.4) is 0 Å². The number of nitrogens with zero attached hydrogens (tertiary/aromatic N) is 1. The number of carbonyl (C=O) groups excluding carboxylic acids is 1. The number of pyridine rings is 1. The topological polar surface area (TPSA) is 42.0 Å². The van der Waals surface area contributed by atoms with E-state index in [0.717, 1.165) is 16.5 Å². The molecule has 2 aromatic carbocycles. The highest BCUT2D eigenvalue weighted by Crippen LogP contribution is 2.24. The molecule has 0 saturated carbocycles. The van der Waals surface area contributed by atoms with E-state index in [1.165, 1.54) is 0 Å². The first kappa shape index (κ1) is 14.8. The van der Waals surface area contributed by atoms with Crippen LogP contribution in [0.5, 0.6) is 0 Å². The highest BCUT2D eigenvalue weighted by atomic mass is 35.5. The largest absolute Gasteiger partial charge is 0.322 e. The van der Waals surface area contributed by atoms with Crippen molar-refractivity contribution in [3.8, 4) is 0 Å². The molecule has 3 rings (SSSR count). The van der Waals surface area contributed by atoms with Gasteiger partial charge in [0.05, 0.1) is 5.52 Å². The maximum absolute atomic E-state index is 12.4. The van der Waals surface area contributed by atoms with Crippen LogP contribution in [0, 0.1) is 6.92 Å². The minimum Gasteiger partial charge on any atom is -0.322 e. The molecule has 22 heavy (non-hydrogen) atoms. The fraction of sp³-hybridized carbons (Fsp3) is 0.0588. The van der Waals surface area contributed by atoms with Crippen molar-refractivity contribution in [2.24, 2.45) is 0 Å². The number of rotatable bonds is 2. The lowest BCUT2D eigenvalue weighted by Crippen LogP contribution is -2.12. The molecule has 1 aromatic heterocycles. The summed E-state index contributed by atoms with van der Waals surface area (Å²) in [7, 11) is 0. The zero-order valence-electron chi connectivity index (χ0n) is 11.7. The van der Waals surface area contributed by atoms with Gasteiger partial charge in [0.15, 0.2) is 0 Å². The van der Waals surface area contributed by atoms with E-state index in [1.54, 1.807) is 36.4 Å². The Morgan fingerprint density at radius 3 is 2.73 bits per heavy atom. The number of aromatic nitrogens is 1. The summed E-state index contributed by atoms with van der Waals surface area (Å²) < 4.78 is 0. The smallest absolute Gasteiger partial charge is 0.255 e. The molecule has 0 unspecified atom stereocenters. The van der Waals surface area contributed by atoms with Gasteiger partial charge >= 0.3 is 0 Å². The Balaban J connectivity index is 1.92. The molecule has 0 aliphatic rings. The molecule has 3 aromatic rings. The number of anilines is 1. The molecular weight excluding hydrogens is 319 g/mol. The zero-order chi connectivity index (χ0) is 15.7. The first-order valence-corrected chi connectivity index (χ1v) is 7.43. The standard InChI is InChI=1S/C17H12Cl2N2O/c1-10-13(18)3-2-4-14(10)21-17(22)12-5-7-15-11(9-12)6-8-16(19)20-15/h2-9H,1H3,(H,21,22). The number of benzene rings is 2. The van der Waals surface area contributed by atoms with E-state index in [2.05, 4.69) is 10.3 Å². The molecule has 0 aliphatic carbocycles. The van der Waals surface area contributed by atoms with Gasteiger partial charge in [-0.15, -0.1) is 0 Å². The van der Waals surface area contributed by atoms with Crippen molar-refractivity contribution < 1.29 is 4.79 Å². The number of carbonyl (C=O) groups is 1. The van der Waals surface area contributed by atoms with Gasteiger partial charge in [0.1, 0.15) is 5.15 Å². The summed E-state index contributed by atoms with van der Waals surface area (Å²) in [4.78, 5) is 16.6. The molecule has 1 amide bonds. The van der Waals surface area contributed by atoms with Gasteiger partial charge in [-0.1, -0.05) is 29.3 Å². The summed E-state index contributed by atoms with van der Waals surface area (Å²) in [5.74, 6) is -0.192. The first-order chi connectivity index (χ1) is 10.5. The van der Waals surface area contributed by atoms with Crippen LogP contribution in [0.25, 0.3) is 10.9 Å². The van der Waals surface area contributed by atoms with Gasteiger partial charge in [-0.2, -0.15) is 0 Å². The van der Waals surface area contributed by atoms with E-state index < -0.39 is 0 Å². The number of nitrogens with one attached hydrogen (secondary N) is 1. The van der Waals surface area contributed by atoms with E-state index in [9.17, 15) is 4.79 Å². The molecule has 0 fully saturated rings. The van der Waals surface area contributed by atoms with E-state index in [4.69, 9.17) is 23.2 Å². The van der Waals surface area contributed by atoms with Crippen LogP contribution in [0.1, 0.15) is 15.9 Å². The van der Waals surface area contributed by atoms with Crippen molar-refractivity contribution >= 4 is 45.7 Å². The fourth-order valence-electron chi connectivity index (χ4n) is 2.18. The summed E-state index contributed by atoms with van der Waals surface area (Å²) in [5.41, 5.74) is 2.84. The highest BCUT2D eigenvalue weighted by Gasteiger charge is 2.10. The van der Waals surface area contributed by atoms with E-state index in [-0.39, 0.29) is 5.91 Å². The second kappa shape index (κ2) is 5.95. The third kappa shape index (κ3) is 2.91. The number of hydrogen-bond donors (Lipinski definition) is 1. The van der Waals surface area contributed by atoms with Crippen molar-refractivity contribution in [2.45, 2.75) is 6.92 Å². The number of amides is 1. The Hall–Kier alpha value is -2.10. The summed E-state index contributed by atoms with van der Waals surface area (Å²) in [5, 5.41) is 4.78. The molecular formula is C17H12Cl2N2O. The molecule has 0 spiro atoms. The lowest BCUT2D eigenvalue weighted by Gasteiger charge is -2.10. The lowest BCUT2D eigenvalue weighted by molar-refractivity contribution is 0.102. The van der Waals surface area contributed by atoms with E-state index in [1.807, 2.05) is 19.1 Å². The van der Waals surface area contributed by atoms with Crippen LogP contribution in [-0.4, -0.2) is 10.9 Å². The van der Waals surface area contributed by atoms with Crippen molar-refractivity contribution in [1.82, 2.24) is 4.98 Å². The molecule has 110 valence electrons. The van der Waals surface area contributed by atoms with Crippen LogP contribution >= 0.6 is 23.2 Å². The van der Waals surface area contributed by atoms with E-state index >= 15 is 0 Å². The van der Waals surface area contributed by atoms with Gasteiger partial charge in [-0.25, -0.2) is 4.98 Å². The van der Waals surface area contributed by atoms with Crippen molar-refractivity contribution in [3.63, 3.8) is 0 Å². The minimum absolute atomic E-state index is 0.192. The maximum atomic E-state index is 12.4. The Labute approximate surface area is 137 Å².